The zero-order chi connectivity index (χ0) is 24.8. The number of hydrogen-bond acceptors (Lipinski definition) is 7. The third kappa shape index (κ3) is 4.36. The van der Waals surface area contributed by atoms with Gasteiger partial charge in [-0.3, -0.25) is 4.79 Å². The Hall–Kier alpha value is -3.46. The van der Waals surface area contributed by atoms with E-state index in [2.05, 4.69) is 46.4 Å². The van der Waals surface area contributed by atoms with Crippen molar-refractivity contribution in [2.75, 3.05) is 22.9 Å². The first-order valence-corrected chi connectivity index (χ1v) is 13.3. The zero-order valence-electron chi connectivity index (χ0n) is 20.1. The third-order valence-corrected chi connectivity index (χ3v) is 7.97. The van der Waals surface area contributed by atoms with Crippen LogP contribution in [0.3, 0.4) is 0 Å². The number of sulfonamides is 1. The number of hydrogen-bond donors (Lipinski definition) is 1. The Morgan fingerprint density at radius 3 is 2.66 bits per heavy atom. The van der Waals surface area contributed by atoms with Gasteiger partial charge >= 0.3 is 0 Å². The lowest BCUT2D eigenvalue weighted by molar-refractivity contribution is 0.0981. The van der Waals surface area contributed by atoms with Crippen LogP contribution in [-0.4, -0.2) is 42.9 Å². The van der Waals surface area contributed by atoms with E-state index < -0.39 is 15.9 Å². The second-order valence-corrected chi connectivity index (χ2v) is 11.5. The molecule has 3 aromatic rings. The lowest BCUT2D eigenvalue weighted by Gasteiger charge is -2.33. The Balaban J connectivity index is 1.42. The van der Waals surface area contributed by atoms with Crippen molar-refractivity contribution in [1.29, 1.82) is 0 Å². The lowest BCUT2D eigenvalue weighted by Crippen LogP contribution is -2.41. The highest BCUT2D eigenvalue weighted by molar-refractivity contribution is 7.90. The number of pyridine rings is 2. The van der Waals surface area contributed by atoms with E-state index in [9.17, 15) is 13.2 Å². The van der Waals surface area contributed by atoms with Crippen molar-refractivity contribution in [2.45, 2.75) is 44.2 Å². The average Bonchev–Trinajstić information content (AvgIpc) is 3.38. The molecule has 1 fully saturated rings. The molecule has 2 aliphatic rings. The number of fused-ring (bicyclic) bond motifs is 1. The fraction of sp³-hybridized carbons (Fsp3) is 0.346. The van der Waals surface area contributed by atoms with Crippen LogP contribution in [0.15, 0.2) is 65.8 Å². The first-order valence-electron chi connectivity index (χ1n) is 11.8. The summed E-state index contributed by atoms with van der Waals surface area (Å²) in [5.74, 6) is 0.738. The number of para-hydroxylation sites is 1. The maximum atomic E-state index is 13.2. The molecule has 0 bridgehead atoms. The molecule has 35 heavy (non-hydrogen) atoms. The standard InChI is InChI=1S/C26H29N5O3S/c1-18-16-26(2,3)31(17-18)24-20(9-7-14-27-24)25(32)29-35(33,34)23-12-6-11-22(28-23)30-15-13-19-8-4-5-10-21(19)30/h4-12,14,18H,13,15-17H2,1-3H3,(H,29,32). The highest BCUT2D eigenvalue weighted by Crippen LogP contribution is 2.37. The summed E-state index contributed by atoms with van der Waals surface area (Å²) < 4.78 is 28.6. The SMILES string of the molecule is CC1CN(c2ncccc2C(=O)NS(=O)(=O)c2cccc(N3CCc4ccccc43)n2)C(C)(C)C1. The molecule has 0 saturated carbocycles. The van der Waals surface area contributed by atoms with Gasteiger partial charge in [0.05, 0.1) is 5.56 Å². The van der Waals surface area contributed by atoms with Crippen LogP contribution in [0.25, 0.3) is 0 Å². The number of amides is 1. The molecule has 1 N–H and O–H groups in total. The van der Waals surface area contributed by atoms with Crippen molar-refractivity contribution in [1.82, 2.24) is 14.7 Å². The van der Waals surface area contributed by atoms with Gasteiger partial charge in [-0.1, -0.05) is 31.2 Å². The lowest BCUT2D eigenvalue weighted by atomic mass is 9.97. The van der Waals surface area contributed by atoms with E-state index in [1.54, 1.807) is 30.5 Å². The van der Waals surface area contributed by atoms with Gasteiger partial charge in [0.15, 0.2) is 5.03 Å². The number of aromatic nitrogens is 2. The van der Waals surface area contributed by atoms with Gasteiger partial charge < -0.3 is 9.80 Å². The van der Waals surface area contributed by atoms with E-state index in [1.165, 1.54) is 11.6 Å². The summed E-state index contributed by atoms with van der Waals surface area (Å²) in [7, 11) is -4.20. The summed E-state index contributed by atoms with van der Waals surface area (Å²) in [5, 5.41) is -0.201. The normalized spacial score (nSPS) is 19.0. The van der Waals surface area contributed by atoms with Crippen LogP contribution in [-0.2, 0) is 16.4 Å². The van der Waals surface area contributed by atoms with E-state index in [1.807, 2.05) is 23.1 Å². The van der Waals surface area contributed by atoms with Gasteiger partial charge in [0, 0.05) is 30.5 Å². The predicted molar refractivity (Wildman–Crippen MR) is 135 cm³/mol. The number of nitrogens with one attached hydrogen (secondary N) is 1. The number of carbonyl (C=O) groups excluding carboxylic acids is 1. The zero-order valence-corrected chi connectivity index (χ0v) is 20.9. The van der Waals surface area contributed by atoms with E-state index in [0.29, 0.717) is 24.1 Å². The Morgan fingerprint density at radius 1 is 1.09 bits per heavy atom. The Morgan fingerprint density at radius 2 is 1.89 bits per heavy atom. The molecule has 2 aromatic heterocycles. The molecule has 5 rings (SSSR count). The van der Waals surface area contributed by atoms with Crippen LogP contribution in [0, 0.1) is 5.92 Å². The fourth-order valence-corrected chi connectivity index (χ4v) is 6.19. The summed E-state index contributed by atoms with van der Waals surface area (Å²) >= 11 is 0. The molecule has 1 amide bonds. The molecule has 0 aliphatic carbocycles. The topological polar surface area (TPSA) is 95.5 Å². The molecule has 1 atom stereocenters. The van der Waals surface area contributed by atoms with Gasteiger partial charge in [0.2, 0.25) is 0 Å². The van der Waals surface area contributed by atoms with E-state index in [-0.39, 0.29) is 16.1 Å². The Kier molecular flexibility index (Phi) is 5.75. The van der Waals surface area contributed by atoms with Crippen molar-refractivity contribution in [3.8, 4) is 0 Å². The smallest absolute Gasteiger partial charge is 0.281 e. The van der Waals surface area contributed by atoms with Gasteiger partial charge in [-0.25, -0.2) is 14.7 Å². The summed E-state index contributed by atoms with van der Waals surface area (Å²) in [6.07, 6.45) is 3.44. The Bertz CT molecular complexity index is 1390. The first-order chi connectivity index (χ1) is 16.7. The summed E-state index contributed by atoms with van der Waals surface area (Å²) in [6.45, 7) is 7.83. The predicted octanol–water partition coefficient (Wildman–Crippen LogP) is 3.91. The second-order valence-electron chi connectivity index (χ2n) is 9.91. The van der Waals surface area contributed by atoms with E-state index >= 15 is 0 Å². The largest absolute Gasteiger partial charge is 0.351 e. The van der Waals surface area contributed by atoms with Gasteiger partial charge in [0.25, 0.3) is 15.9 Å². The van der Waals surface area contributed by atoms with Crippen molar-refractivity contribution in [3.05, 3.63) is 71.9 Å². The highest BCUT2D eigenvalue weighted by Gasteiger charge is 2.39. The average molecular weight is 492 g/mol. The highest BCUT2D eigenvalue weighted by atomic mass is 32.2. The van der Waals surface area contributed by atoms with Crippen LogP contribution >= 0.6 is 0 Å². The summed E-state index contributed by atoms with van der Waals surface area (Å²) in [5.41, 5.74) is 2.24. The van der Waals surface area contributed by atoms with Crippen LogP contribution in [0.4, 0.5) is 17.3 Å². The minimum atomic E-state index is -4.20. The third-order valence-electron chi connectivity index (χ3n) is 6.73. The van der Waals surface area contributed by atoms with Crippen LogP contribution in [0.1, 0.15) is 43.1 Å². The molecule has 8 nitrogen and oxygen atoms in total. The molecule has 9 heteroatoms. The van der Waals surface area contributed by atoms with E-state index in [4.69, 9.17) is 0 Å². The van der Waals surface area contributed by atoms with Crippen molar-refractivity contribution < 1.29 is 13.2 Å². The molecule has 1 saturated heterocycles. The minimum absolute atomic E-state index is 0.191. The molecular formula is C26H29N5O3S. The van der Waals surface area contributed by atoms with Gasteiger partial charge in [-0.2, -0.15) is 8.42 Å². The maximum Gasteiger partial charge on any atom is 0.281 e. The van der Waals surface area contributed by atoms with Crippen LogP contribution < -0.4 is 14.5 Å². The van der Waals surface area contributed by atoms with Gasteiger partial charge in [-0.15, -0.1) is 0 Å². The quantitative estimate of drug-likeness (QED) is 0.578. The maximum absolute atomic E-state index is 13.2. The molecule has 182 valence electrons. The number of carbonyl (C=O) groups is 1. The molecule has 0 spiro atoms. The van der Waals surface area contributed by atoms with Gasteiger partial charge in [0.1, 0.15) is 11.6 Å². The monoisotopic (exact) mass is 491 g/mol. The van der Waals surface area contributed by atoms with Crippen molar-refractivity contribution >= 4 is 33.3 Å². The van der Waals surface area contributed by atoms with Crippen molar-refractivity contribution in [3.63, 3.8) is 0 Å². The van der Waals surface area contributed by atoms with Crippen LogP contribution in [0.2, 0.25) is 0 Å². The molecule has 1 unspecified atom stereocenters. The molecular weight excluding hydrogens is 462 g/mol. The van der Waals surface area contributed by atoms with Crippen LogP contribution in [0.5, 0.6) is 0 Å². The molecule has 4 heterocycles. The summed E-state index contributed by atoms with van der Waals surface area (Å²) in [4.78, 5) is 26.1. The van der Waals surface area contributed by atoms with Crippen molar-refractivity contribution in [2.24, 2.45) is 5.92 Å². The number of benzene rings is 1. The molecule has 2 aliphatic heterocycles. The molecule has 0 radical (unpaired) electrons. The fourth-order valence-electron chi connectivity index (χ4n) is 5.26. The number of nitrogens with zero attached hydrogens (tertiary/aromatic N) is 4. The van der Waals surface area contributed by atoms with E-state index in [0.717, 1.165) is 25.1 Å². The minimum Gasteiger partial charge on any atom is -0.351 e. The number of anilines is 3. The summed E-state index contributed by atoms with van der Waals surface area (Å²) in [6, 6.07) is 16.1. The first kappa shape index (κ1) is 23.3. The van der Waals surface area contributed by atoms with Gasteiger partial charge in [-0.05, 0) is 68.5 Å². The number of rotatable bonds is 5. The Labute approximate surface area is 206 Å². The molecule has 1 aromatic carbocycles. The second kappa shape index (κ2) is 8.64.